The molecule has 2 amide bonds. The summed E-state index contributed by atoms with van der Waals surface area (Å²) in [6.45, 7) is 2.85. The summed E-state index contributed by atoms with van der Waals surface area (Å²) in [4.78, 5) is 43.0. The average molecular weight is 382 g/mol. The second-order valence-corrected chi connectivity index (χ2v) is 7.22. The third kappa shape index (κ3) is 4.30. The third-order valence-electron chi connectivity index (χ3n) is 5.39. The number of piperidine rings is 1. The van der Waals surface area contributed by atoms with Crippen LogP contribution in [0.2, 0.25) is 0 Å². The Kier molecular flexibility index (Phi) is 6.23. The number of carbonyl (C=O) groups excluding carboxylic acids is 3. The molecule has 2 aromatic rings. The van der Waals surface area contributed by atoms with E-state index >= 15 is 0 Å². The summed E-state index contributed by atoms with van der Waals surface area (Å²) < 4.78 is 0. The molecule has 0 spiro atoms. The maximum Gasteiger partial charge on any atom is 0.223 e. The van der Waals surface area contributed by atoms with Crippen molar-refractivity contribution in [1.82, 2.24) is 9.88 Å². The highest BCUT2D eigenvalue weighted by atomic mass is 16.2. The van der Waals surface area contributed by atoms with Crippen LogP contribution < -0.4 is 10.2 Å². The van der Waals surface area contributed by atoms with Gasteiger partial charge in [0.15, 0.2) is 0 Å². The van der Waals surface area contributed by atoms with E-state index in [1.165, 1.54) is 6.92 Å². The Bertz CT molecular complexity index is 875. The lowest BCUT2D eigenvalue weighted by atomic mass is 10.0. The average Bonchev–Trinajstić information content (AvgIpc) is 2.72. The highest BCUT2D eigenvalue weighted by molar-refractivity contribution is 6.01. The largest absolute Gasteiger partial charge is 0.369 e. The van der Waals surface area contributed by atoms with Crippen LogP contribution in [0.5, 0.6) is 0 Å². The molecule has 0 bridgehead atoms. The molecular weight excluding hydrogens is 356 g/mol. The summed E-state index contributed by atoms with van der Waals surface area (Å²) >= 11 is 0. The number of rotatable bonds is 7. The number of benzene rings is 1. The van der Waals surface area contributed by atoms with Gasteiger partial charge < -0.3 is 19.9 Å². The van der Waals surface area contributed by atoms with Gasteiger partial charge in [-0.1, -0.05) is 18.2 Å². The molecular formula is C21H26N4O3. The Hall–Kier alpha value is -2.96. The van der Waals surface area contributed by atoms with Gasteiger partial charge in [-0.05, 0) is 25.8 Å². The van der Waals surface area contributed by atoms with Crippen LogP contribution in [0.1, 0.15) is 32.6 Å². The van der Waals surface area contributed by atoms with Crippen molar-refractivity contribution < 1.29 is 14.4 Å². The molecule has 7 nitrogen and oxygen atoms in total. The van der Waals surface area contributed by atoms with Crippen LogP contribution >= 0.6 is 0 Å². The Balaban J connectivity index is 1.72. The Morgan fingerprint density at radius 2 is 1.96 bits per heavy atom. The van der Waals surface area contributed by atoms with Gasteiger partial charge >= 0.3 is 0 Å². The molecule has 28 heavy (non-hydrogen) atoms. The second-order valence-electron chi connectivity index (χ2n) is 7.22. The first-order chi connectivity index (χ1) is 13.5. The zero-order chi connectivity index (χ0) is 20.1. The number of carbonyl (C=O) groups is 3. The van der Waals surface area contributed by atoms with Crippen LogP contribution in [-0.2, 0) is 14.4 Å². The second kappa shape index (κ2) is 8.82. The minimum absolute atomic E-state index is 0.0435. The van der Waals surface area contributed by atoms with Crippen molar-refractivity contribution in [2.75, 3.05) is 30.4 Å². The van der Waals surface area contributed by atoms with E-state index in [9.17, 15) is 14.4 Å². The highest BCUT2D eigenvalue weighted by Gasteiger charge is 2.27. The number of fused-ring (bicyclic) bond motifs is 1. The molecule has 0 aliphatic carbocycles. The molecule has 1 aromatic heterocycles. The smallest absolute Gasteiger partial charge is 0.223 e. The Morgan fingerprint density at radius 1 is 1.25 bits per heavy atom. The van der Waals surface area contributed by atoms with Crippen LogP contribution in [-0.4, -0.2) is 54.2 Å². The van der Waals surface area contributed by atoms with Crippen LogP contribution in [0.25, 0.3) is 10.9 Å². The lowest BCUT2D eigenvalue weighted by Gasteiger charge is -2.38. The quantitative estimate of drug-likeness (QED) is 0.745. The number of hydrogen-bond donors (Lipinski definition) is 1. The molecule has 1 aliphatic heterocycles. The molecule has 1 N–H and O–H groups in total. The van der Waals surface area contributed by atoms with E-state index in [2.05, 4.69) is 15.2 Å². The SMILES string of the molecule is CC(=O)CCC(=O)N1CCC(N(C)c2cnc3ccccc3c2NC=O)CC1. The maximum absolute atomic E-state index is 12.2. The highest BCUT2D eigenvalue weighted by Crippen LogP contribution is 2.34. The normalized spacial score (nSPS) is 14.7. The van der Waals surface area contributed by atoms with Crippen molar-refractivity contribution in [2.45, 2.75) is 38.6 Å². The van der Waals surface area contributed by atoms with Crippen molar-refractivity contribution in [3.8, 4) is 0 Å². The van der Waals surface area contributed by atoms with Gasteiger partial charge in [0.05, 0.1) is 23.1 Å². The van der Waals surface area contributed by atoms with E-state index in [4.69, 9.17) is 0 Å². The maximum atomic E-state index is 12.2. The molecule has 1 fully saturated rings. The van der Waals surface area contributed by atoms with Crippen molar-refractivity contribution in [3.05, 3.63) is 30.5 Å². The number of pyridine rings is 1. The molecule has 3 rings (SSSR count). The predicted octanol–water partition coefficient (Wildman–Crippen LogP) is 2.60. The van der Waals surface area contributed by atoms with E-state index in [0.29, 0.717) is 25.9 Å². The van der Waals surface area contributed by atoms with Gasteiger partial charge in [0.1, 0.15) is 5.78 Å². The first-order valence-electron chi connectivity index (χ1n) is 9.59. The van der Waals surface area contributed by atoms with Crippen molar-refractivity contribution in [2.24, 2.45) is 0 Å². The minimum Gasteiger partial charge on any atom is -0.369 e. The summed E-state index contributed by atoms with van der Waals surface area (Å²) in [6.07, 6.45) is 4.74. The topological polar surface area (TPSA) is 82.6 Å². The minimum atomic E-state index is 0.0435. The van der Waals surface area contributed by atoms with E-state index in [0.717, 1.165) is 35.1 Å². The van der Waals surface area contributed by atoms with Gasteiger partial charge in [-0.2, -0.15) is 0 Å². The third-order valence-corrected chi connectivity index (χ3v) is 5.39. The summed E-state index contributed by atoms with van der Waals surface area (Å²) in [5.41, 5.74) is 2.45. The van der Waals surface area contributed by atoms with E-state index < -0.39 is 0 Å². The molecule has 1 saturated heterocycles. The number of anilines is 2. The molecule has 148 valence electrons. The number of nitrogens with one attached hydrogen (secondary N) is 1. The van der Waals surface area contributed by atoms with Gasteiger partial charge in [0, 0.05) is 44.4 Å². The number of hydrogen-bond acceptors (Lipinski definition) is 5. The van der Waals surface area contributed by atoms with Crippen LogP contribution in [0.4, 0.5) is 11.4 Å². The van der Waals surface area contributed by atoms with Crippen molar-refractivity contribution in [3.63, 3.8) is 0 Å². The fraction of sp³-hybridized carbons (Fsp3) is 0.429. The number of aromatic nitrogens is 1. The zero-order valence-corrected chi connectivity index (χ0v) is 16.4. The molecule has 0 saturated carbocycles. The summed E-state index contributed by atoms with van der Waals surface area (Å²) in [7, 11) is 2.00. The van der Waals surface area contributed by atoms with E-state index in [1.807, 2.05) is 36.2 Å². The molecule has 0 unspecified atom stereocenters. The molecule has 0 radical (unpaired) electrons. The number of para-hydroxylation sites is 1. The molecule has 2 heterocycles. The fourth-order valence-corrected chi connectivity index (χ4v) is 3.75. The lowest BCUT2D eigenvalue weighted by molar-refractivity contribution is -0.133. The van der Waals surface area contributed by atoms with Gasteiger partial charge in [0.25, 0.3) is 0 Å². The number of Topliss-reactive ketones (excluding diaryl/α,β-unsaturated/α-hetero) is 1. The van der Waals surface area contributed by atoms with Gasteiger partial charge in [-0.25, -0.2) is 0 Å². The molecule has 0 atom stereocenters. The molecule has 1 aliphatic rings. The summed E-state index contributed by atoms with van der Waals surface area (Å²) in [6, 6.07) is 7.95. The van der Waals surface area contributed by atoms with Crippen LogP contribution in [0, 0.1) is 0 Å². The number of amides is 2. The first kappa shape index (κ1) is 19.8. The fourth-order valence-electron chi connectivity index (χ4n) is 3.75. The lowest BCUT2D eigenvalue weighted by Crippen LogP contribution is -2.45. The monoisotopic (exact) mass is 382 g/mol. The van der Waals surface area contributed by atoms with Crippen LogP contribution in [0.15, 0.2) is 30.5 Å². The number of nitrogens with zero attached hydrogens (tertiary/aromatic N) is 3. The Morgan fingerprint density at radius 3 is 2.64 bits per heavy atom. The van der Waals surface area contributed by atoms with Gasteiger partial charge in [-0.15, -0.1) is 0 Å². The van der Waals surface area contributed by atoms with E-state index in [1.54, 1.807) is 6.20 Å². The van der Waals surface area contributed by atoms with Crippen LogP contribution in [0.3, 0.4) is 0 Å². The van der Waals surface area contributed by atoms with Crippen molar-refractivity contribution in [1.29, 1.82) is 0 Å². The molecule has 7 heteroatoms. The number of likely N-dealkylation sites (tertiary alicyclic amines) is 1. The predicted molar refractivity (Wildman–Crippen MR) is 109 cm³/mol. The van der Waals surface area contributed by atoms with Crippen molar-refractivity contribution >= 4 is 40.4 Å². The number of ketones is 1. The van der Waals surface area contributed by atoms with Gasteiger partial charge in [-0.3, -0.25) is 14.6 Å². The standard InChI is InChI=1S/C21H26N4O3/c1-15(27)7-8-20(28)25-11-9-16(10-12-25)24(2)19-13-22-18-6-4-3-5-17(18)21(19)23-14-26/h3-6,13-14,16H,7-12H2,1-2H3,(H,22,23,26). The summed E-state index contributed by atoms with van der Waals surface area (Å²) in [5, 5.41) is 3.73. The summed E-state index contributed by atoms with van der Waals surface area (Å²) in [5.74, 6) is 0.0916. The molecule has 1 aromatic carbocycles. The zero-order valence-electron chi connectivity index (χ0n) is 16.4. The van der Waals surface area contributed by atoms with E-state index in [-0.39, 0.29) is 24.2 Å². The van der Waals surface area contributed by atoms with Gasteiger partial charge in [0.2, 0.25) is 12.3 Å². The first-order valence-corrected chi connectivity index (χ1v) is 9.59. The Labute approximate surface area is 164 Å².